The molecule has 0 saturated carbocycles. The van der Waals surface area contributed by atoms with Gasteiger partial charge in [-0.1, -0.05) is 6.92 Å². The number of dihydropyridines is 1. The third kappa shape index (κ3) is 2.49. The van der Waals surface area contributed by atoms with Crippen LogP contribution in [0.25, 0.3) is 0 Å². The van der Waals surface area contributed by atoms with Gasteiger partial charge in [0, 0.05) is 22.9 Å². The molecule has 0 aliphatic carbocycles. The van der Waals surface area contributed by atoms with E-state index in [2.05, 4.69) is 5.32 Å². The minimum atomic E-state index is -1.27. The lowest BCUT2D eigenvalue weighted by Gasteiger charge is -2.29. The number of hydrogen-bond donors (Lipinski definition) is 1. The van der Waals surface area contributed by atoms with Crippen LogP contribution in [0, 0.1) is 5.92 Å². The third-order valence-electron chi connectivity index (χ3n) is 2.76. The maximum atomic E-state index is 11.7. The maximum absolute atomic E-state index is 11.7. The fourth-order valence-corrected chi connectivity index (χ4v) is 2.08. The first-order valence-corrected chi connectivity index (χ1v) is 5.47. The molecule has 1 N–H and O–H groups in total. The normalized spacial score (nSPS) is 20.1. The van der Waals surface area contributed by atoms with Crippen LogP contribution in [0.15, 0.2) is 22.5 Å². The zero-order valence-electron chi connectivity index (χ0n) is 10.4. The molecule has 0 amide bonds. The summed E-state index contributed by atoms with van der Waals surface area (Å²) in [6, 6.07) is 0. The van der Waals surface area contributed by atoms with Gasteiger partial charge in [-0.2, -0.15) is 0 Å². The van der Waals surface area contributed by atoms with Crippen LogP contribution in [0.2, 0.25) is 0 Å². The molecule has 0 bridgehead atoms. The van der Waals surface area contributed by atoms with Gasteiger partial charge in [0.1, 0.15) is 0 Å². The number of nitrogens with one attached hydrogen (secondary N) is 1. The quantitative estimate of drug-likeness (QED) is 0.705. The molecule has 5 nitrogen and oxygen atoms in total. The molecular formula is C12H16NO4-. The number of carbonyl (C=O) groups is 2. The van der Waals surface area contributed by atoms with Gasteiger partial charge in [-0.15, -0.1) is 0 Å². The molecule has 1 aliphatic rings. The standard InChI is InChI=1S/C12H17NO4/c1-5-17-12(16)10-6(2)9(11(14)15)7(3)13-8(10)4/h6,13H,5H2,1-4H3,(H,14,15)/p-1. The van der Waals surface area contributed by atoms with Gasteiger partial charge < -0.3 is 20.0 Å². The van der Waals surface area contributed by atoms with Crippen molar-refractivity contribution in [1.29, 1.82) is 0 Å². The van der Waals surface area contributed by atoms with E-state index < -0.39 is 17.9 Å². The van der Waals surface area contributed by atoms with E-state index in [1.165, 1.54) is 0 Å². The van der Waals surface area contributed by atoms with E-state index in [4.69, 9.17) is 4.74 Å². The molecule has 0 saturated heterocycles. The van der Waals surface area contributed by atoms with Crippen molar-refractivity contribution >= 4 is 11.9 Å². The Labute approximate surface area is 100 Å². The minimum absolute atomic E-state index is 0.0960. The Morgan fingerprint density at radius 3 is 2.29 bits per heavy atom. The summed E-state index contributed by atoms with van der Waals surface area (Å²) in [5.74, 6) is -2.28. The molecule has 1 unspecified atom stereocenters. The Hall–Kier alpha value is -1.78. The number of rotatable bonds is 3. The number of carbonyl (C=O) groups excluding carboxylic acids is 2. The molecule has 0 aromatic heterocycles. The Morgan fingerprint density at radius 2 is 1.82 bits per heavy atom. The minimum Gasteiger partial charge on any atom is -0.545 e. The highest BCUT2D eigenvalue weighted by molar-refractivity contribution is 5.96. The Balaban J connectivity index is 3.12. The van der Waals surface area contributed by atoms with Crippen LogP contribution >= 0.6 is 0 Å². The first-order chi connectivity index (χ1) is 7.90. The third-order valence-corrected chi connectivity index (χ3v) is 2.76. The van der Waals surface area contributed by atoms with Gasteiger partial charge in [0.2, 0.25) is 0 Å². The van der Waals surface area contributed by atoms with Crippen molar-refractivity contribution in [1.82, 2.24) is 5.32 Å². The van der Waals surface area contributed by atoms with Crippen LogP contribution in [0.4, 0.5) is 0 Å². The highest BCUT2D eigenvalue weighted by Crippen LogP contribution is 2.29. The Morgan fingerprint density at radius 1 is 1.29 bits per heavy atom. The molecule has 17 heavy (non-hydrogen) atoms. The van der Waals surface area contributed by atoms with E-state index in [0.29, 0.717) is 17.0 Å². The molecule has 1 heterocycles. The van der Waals surface area contributed by atoms with E-state index >= 15 is 0 Å². The molecule has 1 atom stereocenters. The number of ether oxygens (including phenoxy) is 1. The summed E-state index contributed by atoms with van der Waals surface area (Å²) in [7, 11) is 0. The average Bonchev–Trinajstić information content (AvgIpc) is 2.15. The largest absolute Gasteiger partial charge is 0.545 e. The van der Waals surface area contributed by atoms with Crippen LogP contribution < -0.4 is 10.4 Å². The fourth-order valence-electron chi connectivity index (χ4n) is 2.08. The lowest BCUT2D eigenvalue weighted by Crippen LogP contribution is -2.37. The summed E-state index contributed by atoms with van der Waals surface area (Å²) in [5.41, 5.74) is 1.57. The number of hydrogen-bond acceptors (Lipinski definition) is 5. The van der Waals surface area contributed by atoms with Crippen molar-refractivity contribution in [3.8, 4) is 0 Å². The Bertz CT molecular complexity index is 420. The van der Waals surface area contributed by atoms with Crippen LogP contribution in [-0.2, 0) is 14.3 Å². The highest BCUT2D eigenvalue weighted by Gasteiger charge is 2.29. The van der Waals surface area contributed by atoms with Crippen molar-refractivity contribution in [3.05, 3.63) is 22.5 Å². The molecule has 0 aromatic carbocycles. The highest BCUT2D eigenvalue weighted by atomic mass is 16.5. The monoisotopic (exact) mass is 238 g/mol. The van der Waals surface area contributed by atoms with Gasteiger partial charge in [0.15, 0.2) is 0 Å². The zero-order chi connectivity index (χ0) is 13.2. The van der Waals surface area contributed by atoms with Crippen LogP contribution in [0.3, 0.4) is 0 Å². The van der Waals surface area contributed by atoms with Crippen molar-refractivity contribution in [2.75, 3.05) is 6.61 Å². The molecular weight excluding hydrogens is 222 g/mol. The number of carboxylic acid groups (broad SMARTS) is 1. The van der Waals surface area contributed by atoms with E-state index in [1.807, 2.05) is 0 Å². The second-order valence-corrected chi connectivity index (χ2v) is 3.93. The van der Waals surface area contributed by atoms with E-state index in [1.54, 1.807) is 27.7 Å². The van der Waals surface area contributed by atoms with Crippen LogP contribution in [0.5, 0.6) is 0 Å². The van der Waals surface area contributed by atoms with Crippen LogP contribution in [-0.4, -0.2) is 18.5 Å². The summed E-state index contributed by atoms with van der Waals surface area (Å²) >= 11 is 0. The lowest BCUT2D eigenvalue weighted by molar-refractivity contribution is -0.299. The van der Waals surface area contributed by atoms with Crippen molar-refractivity contribution in [3.63, 3.8) is 0 Å². The second-order valence-electron chi connectivity index (χ2n) is 3.93. The molecule has 5 heteroatoms. The van der Waals surface area contributed by atoms with E-state index in [-0.39, 0.29) is 12.2 Å². The van der Waals surface area contributed by atoms with E-state index in [9.17, 15) is 14.7 Å². The van der Waals surface area contributed by atoms with Gasteiger partial charge in [-0.25, -0.2) is 4.79 Å². The van der Waals surface area contributed by atoms with Gasteiger partial charge in [-0.05, 0) is 20.8 Å². The summed E-state index contributed by atoms with van der Waals surface area (Å²) < 4.78 is 4.91. The van der Waals surface area contributed by atoms with Gasteiger partial charge in [-0.3, -0.25) is 0 Å². The number of esters is 1. The molecule has 94 valence electrons. The first kappa shape index (κ1) is 13.3. The Kier molecular flexibility index (Phi) is 3.93. The summed E-state index contributed by atoms with van der Waals surface area (Å²) in [6.45, 7) is 6.98. The SMILES string of the molecule is CCOC(=O)C1=C(C)NC(C)=C(C(=O)[O-])C1C. The molecule has 1 aliphatic heterocycles. The molecule has 0 radical (unpaired) electrons. The van der Waals surface area contributed by atoms with Gasteiger partial charge >= 0.3 is 5.97 Å². The van der Waals surface area contributed by atoms with Crippen LogP contribution in [0.1, 0.15) is 27.7 Å². The summed E-state index contributed by atoms with van der Waals surface area (Å²) in [5, 5.41) is 13.9. The predicted octanol–water partition coefficient (Wildman–Crippen LogP) is 0.0867. The van der Waals surface area contributed by atoms with E-state index in [0.717, 1.165) is 0 Å². The average molecular weight is 238 g/mol. The predicted molar refractivity (Wildman–Crippen MR) is 59.3 cm³/mol. The smallest absolute Gasteiger partial charge is 0.336 e. The molecule has 1 rings (SSSR count). The van der Waals surface area contributed by atoms with Gasteiger partial charge in [0.05, 0.1) is 18.1 Å². The first-order valence-electron chi connectivity index (χ1n) is 5.47. The van der Waals surface area contributed by atoms with Crippen molar-refractivity contribution in [2.24, 2.45) is 5.92 Å². The number of aliphatic carboxylic acids is 1. The fraction of sp³-hybridized carbons (Fsp3) is 0.500. The van der Waals surface area contributed by atoms with Crippen molar-refractivity contribution < 1.29 is 19.4 Å². The van der Waals surface area contributed by atoms with Crippen molar-refractivity contribution in [2.45, 2.75) is 27.7 Å². The molecule has 0 fully saturated rings. The second kappa shape index (κ2) is 5.03. The number of allylic oxidation sites excluding steroid dienone is 2. The summed E-state index contributed by atoms with van der Waals surface area (Å²) in [6.07, 6.45) is 0. The zero-order valence-corrected chi connectivity index (χ0v) is 10.4. The lowest BCUT2D eigenvalue weighted by atomic mass is 9.87. The van der Waals surface area contributed by atoms with Gasteiger partial charge in [0.25, 0.3) is 0 Å². The molecule has 0 aromatic rings. The number of carboxylic acids is 1. The maximum Gasteiger partial charge on any atom is 0.336 e. The summed E-state index contributed by atoms with van der Waals surface area (Å²) in [4.78, 5) is 22.8. The molecule has 0 spiro atoms. The topological polar surface area (TPSA) is 78.5 Å².